The smallest absolute Gasteiger partial charge is 0.163 e. The minimum absolute atomic E-state index is 0.327. The Bertz CT molecular complexity index is 664. The van der Waals surface area contributed by atoms with Gasteiger partial charge in [0.05, 0.1) is 19.6 Å². The zero-order chi connectivity index (χ0) is 15.6. The summed E-state index contributed by atoms with van der Waals surface area (Å²) in [7, 11) is 2.96. The maximum absolute atomic E-state index is 14.3. The average molecular weight is 439 g/mol. The van der Waals surface area contributed by atoms with E-state index in [1.807, 2.05) is 18.2 Å². The van der Waals surface area contributed by atoms with Crippen LogP contribution in [-0.4, -0.2) is 14.2 Å². The molecule has 0 saturated heterocycles. The Morgan fingerprint density at radius 2 is 1.62 bits per heavy atom. The highest BCUT2D eigenvalue weighted by molar-refractivity contribution is 9.11. The topological polar surface area (TPSA) is 18.5 Å². The van der Waals surface area contributed by atoms with E-state index in [4.69, 9.17) is 21.1 Å². The van der Waals surface area contributed by atoms with Crippen LogP contribution in [-0.2, 0) is 0 Å². The summed E-state index contributed by atoms with van der Waals surface area (Å²) in [6.45, 7) is 0. The summed E-state index contributed by atoms with van der Waals surface area (Å²) in [6.07, 6.45) is 0. The molecule has 0 heterocycles. The van der Waals surface area contributed by atoms with E-state index in [0.717, 1.165) is 14.5 Å². The number of alkyl halides is 1. The third kappa shape index (κ3) is 3.52. The van der Waals surface area contributed by atoms with Crippen LogP contribution < -0.4 is 9.47 Å². The second kappa shape index (κ2) is 6.99. The molecule has 0 bridgehead atoms. The van der Waals surface area contributed by atoms with E-state index in [9.17, 15) is 4.39 Å². The van der Waals surface area contributed by atoms with Crippen LogP contribution in [0.5, 0.6) is 11.5 Å². The van der Waals surface area contributed by atoms with Crippen molar-refractivity contribution in [3.8, 4) is 11.5 Å². The Labute approximate surface area is 144 Å². The fourth-order valence-corrected chi connectivity index (χ4v) is 3.27. The first-order valence-corrected chi connectivity index (χ1v) is 8.00. The summed E-state index contributed by atoms with van der Waals surface area (Å²) in [6, 6.07) is 8.40. The normalized spacial score (nSPS) is 12.1. The molecule has 1 unspecified atom stereocenters. The third-order valence-electron chi connectivity index (χ3n) is 3.01. The predicted molar refractivity (Wildman–Crippen MR) is 89.0 cm³/mol. The molecule has 0 aliphatic carbocycles. The fourth-order valence-electron chi connectivity index (χ4n) is 1.94. The number of hydrogen-bond acceptors (Lipinski definition) is 2. The lowest BCUT2D eigenvalue weighted by Crippen LogP contribution is -2.01. The van der Waals surface area contributed by atoms with E-state index in [2.05, 4.69) is 31.9 Å². The van der Waals surface area contributed by atoms with E-state index < -0.39 is 11.2 Å². The van der Waals surface area contributed by atoms with Crippen molar-refractivity contribution in [3.63, 3.8) is 0 Å². The molecule has 0 amide bonds. The van der Waals surface area contributed by atoms with Gasteiger partial charge in [0, 0.05) is 20.6 Å². The van der Waals surface area contributed by atoms with Crippen LogP contribution in [0.4, 0.5) is 4.39 Å². The zero-order valence-corrected chi connectivity index (χ0v) is 15.2. The molecule has 112 valence electrons. The number of rotatable bonds is 4. The second-order valence-corrected chi connectivity index (χ2v) is 6.46. The highest BCUT2D eigenvalue weighted by Crippen LogP contribution is 2.40. The standard InChI is InChI=1S/C15H12Br2ClFO2/c1-20-13-6-10(12(19)7-14(13)21-2)15(18)9-5-8(16)3-4-11(9)17/h3-7,15H,1-2H3. The SMILES string of the molecule is COc1cc(F)c(C(Cl)c2cc(Br)ccc2Br)cc1OC. The van der Waals surface area contributed by atoms with Crippen LogP contribution in [0.2, 0.25) is 0 Å². The fraction of sp³-hybridized carbons (Fsp3) is 0.200. The minimum atomic E-state index is -0.656. The molecule has 0 aromatic heterocycles. The molecule has 2 rings (SSSR count). The summed E-state index contributed by atoms with van der Waals surface area (Å²) in [5.74, 6) is 0.320. The third-order valence-corrected chi connectivity index (χ3v) is 4.69. The number of hydrogen-bond donors (Lipinski definition) is 0. The van der Waals surface area contributed by atoms with Crippen molar-refractivity contribution in [3.05, 3.63) is 56.2 Å². The van der Waals surface area contributed by atoms with Gasteiger partial charge in [0.1, 0.15) is 5.82 Å². The molecule has 0 radical (unpaired) electrons. The van der Waals surface area contributed by atoms with Crippen LogP contribution in [0.3, 0.4) is 0 Å². The van der Waals surface area contributed by atoms with Crippen LogP contribution in [0.1, 0.15) is 16.5 Å². The minimum Gasteiger partial charge on any atom is -0.493 e. The maximum atomic E-state index is 14.3. The molecular formula is C15H12Br2ClFO2. The van der Waals surface area contributed by atoms with Gasteiger partial charge in [0.2, 0.25) is 0 Å². The van der Waals surface area contributed by atoms with Gasteiger partial charge in [0.25, 0.3) is 0 Å². The molecule has 2 aromatic carbocycles. The molecule has 6 heteroatoms. The van der Waals surface area contributed by atoms with Gasteiger partial charge in [-0.3, -0.25) is 0 Å². The zero-order valence-electron chi connectivity index (χ0n) is 11.3. The van der Waals surface area contributed by atoms with E-state index in [0.29, 0.717) is 17.1 Å². The van der Waals surface area contributed by atoms with Gasteiger partial charge >= 0.3 is 0 Å². The number of halogens is 4. The van der Waals surface area contributed by atoms with Gasteiger partial charge in [-0.25, -0.2) is 4.39 Å². The lowest BCUT2D eigenvalue weighted by molar-refractivity contribution is 0.351. The van der Waals surface area contributed by atoms with E-state index in [-0.39, 0.29) is 0 Å². The Balaban J connectivity index is 2.52. The molecule has 2 aromatic rings. The van der Waals surface area contributed by atoms with E-state index in [1.54, 1.807) is 6.07 Å². The maximum Gasteiger partial charge on any atom is 0.163 e. The first-order chi connectivity index (χ1) is 9.97. The molecule has 2 nitrogen and oxygen atoms in total. The highest BCUT2D eigenvalue weighted by atomic mass is 79.9. The Morgan fingerprint density at radius 1 is 1.00 bits per heavy atom. The lowest BCUT2D eigenvalue weighted by atomic mass is 10.0. The first kappa shape index (κ1) is 16.6. The van der Waals surface area contributed by atoms with Gasteiger partial charge in [-0.05, 0) is 29.8 Å². The highest BCUT2D eigenvalue weighted by Gasteiger charge is 2.21. The summed E-state index contributed by atoms with van der Waals surface area (Å²) in [4.78, 5) is 0. The van der Waals surface area contributed by atoms with Gasteiger partial charge in [-0.1, -0.05) is 31.9 Å². The summed E-state index contributed by atoms with van der Waals surface area (Å²) >= 11 is 13.3. The molecule has 0 aliphatic heterocycles. The van der Waals surface area contributed by atoms with Crippen molar-refractivity contribution >= 4 is 43.5 Å². The van der Waals surface area contributed by atoms with Crippen LogP contribution in [0.15, 0.2) is 39.3 Å². The average Bonchev–Trinajstić information content (AvgIpc) is 2.48. The number of methoxy groups -OCH3 is 2. The Kier molecular flexibility index (Phi) is 5.52. The molecule has 1 atom stereocenters. The predicted octanol–water partition coefficient (Wildman–Crippen LogP) is 5.70. The van der Waals surface area contributed by atoms with Crippen LogP contribution in [0, 0.1) is 5.82 Å². The molecule has 0 spiro atoms. The Morgan fingerprint density at radius 3 is 2.24 bits per heavy atom. The lowest BCUT2D eigenvalue weighted by Gasteiger charge is -2.16. The molecule has 0 fully saturated rings. The van der Waals surface area contributed by atoms with Gasteiger partial charge in [-0.15, -0.1) is 11.6 Å². The van der Waals surface area contributed by atoms with E-state index >= 15 is 0 Å². The molecule has 0 saturated carbocycles. The molecule has 0 N–H and O–H groups in total. The number of ether oxygens (including phenoxy) is 2. The molecule has 21 heavy (non-hydrogen) atoms. The molecule has 0 aliphatic rings. The molecular weight excluding hydrogens is 426 g/mol. The van der Waals surface area contributed by atoms with Crippen molar-refractivity contribution in [2.45, 2.75) is 5.38 Å². The van der Waals surface area contributed by atoms with Crippen molar-refractivity contribution in [2.75, 3.05) is 14.2 Å². The first-order valence-electron chi connectivity index (χ1n) is 5.98. The van der Waals surface area contributed by atoms with E-state index in [1.165, 1.54) is 20.3 Å². The summed E-state index contributed by atoms with van der Waals surface area (Å²) < 4.78 is 26.2. The van der Waals surface area contributed by atoms with Gasteiger partial charge in [-0.2, -0.15) is 0 Å². The number of benzene rings is 2. The van der Waals surface area contributed by atoms with Crippen molar-refractivity contribution < 1.29 is 13.9 Å². The summed E-state index contributed by atoms with van der Waals surface area (Å²) in [5.41, 5.74) is 1.09. The van der Waals surface area contributed by atoms with Crippen molar-refractivity contribution in [2.24, 2.45) is 0 Å². The van der Waals surface area contributed by atoms with Crippen molar-refractivity contribution in [1.29, 1.82) is 0 Å². The monoisotopic (exact) mass is 436 g/mol. The van der Waals surface area contributed by atoms with Crippen LogP contribution >= 0.6 is 43.5 Å². The van der Waals surface area contributed by atoms with Crippen molar-refractivity contribution in [1.82, 2.24) is 0 Å². The second-order valence-electron chi connectivity index (χ2n) is 4.26. The summed E-state index contributed by atoms with van der Waals surface area (Å²) in [5, 5.41) is -0.656. The van der Waals surface area contributed by atoms with Gasteiger partial charge < -0.3 is 9.47 Å². The quantitative estimate of drug-likeness (QED) is 0.571. The Hall–Kier alpha value is -0.780. The van der Waals surface area contributed by atoms with Gasteiger partial charge in [0.15, 0.2) is 11.5 Å². The largest absolute Gasteiger partial charge is 0.493 e. The van der Waals surface area contributed by atoms with Crippen LogP contribution in [0.25, 0.3) is 0 Å².